The largest absolute Gasteiger partial charge is 0.467 e. The van der Waals surface area contributed by atoms with Crippen LogP contribution in [0.2, 0.25) is 0 Å². The number of furan rings is 1. The minimum Gasteiger partial charge on any atom is -0.467 e. The highest BCUT2D eigenvalue weighted by Gasteiger charge is 2.29. The molecule has 0 fully saturated rings. The smallest absolute Gasteiger partial charge is 0.265 e. The van der Waals surface area contributed by atoms with Crippen LogP contribution in [0.15, 0.2) is 87.2 Å². The number of benzene rings is 2. The van der Waals surface area contributed by atoms with Crippen molar-refractivity contribution in [2.24, 2.45) is 0 Å². The van der Waals surface area contributed by atoms with Gasteiger partial charge in [0.25, 0.3) is 5.91 Å². The molecule has 0 atom stereocenters. The van der Waals surface area contributed by atoms with Crippen molar-refractivity contribution in [1.82, 2.24) is 5.32 Å². The first-order valence-electron chi connectivity index (χ1n) is 9.26. The first kappa shape index (κ1) is 19.1. The highest BCUT2D eigenvalue weighted by atomic mass is 32.2. The third kappa shape index (κ3) is 4.43. The lowest BCUT2D eigenvalue weighted by Gasteiger charge is -2.30. The quantitative estimate of drug-likeness (QED) is 0.639. The number of nitrogens with zero attached hydrogens (tertiary/aromatic N) is 1. The molecule has 146 valence electrons. The molecule has 1 aromatic heterocycles. The van der Waals surface area contributed by atoms with Crippen LogP contribution in [-0.2, 0) is 22.7 Å². The summed E-state index contributed by atoms with van der Waals surface area (Å²) in [5.74, 6) is 0.153. The predicted octanol–water partition coefficient (Wildman–Crippen LogP) is 4.43. The number of aryl methyl sites for hydroxylation is 1. The van der Waals surface area contributed by atoms with Crippen molar-refractivity contribution in [2.75, 3.05) is 4.90 Å². The van der Waals surface area contributed by atoms with E-state index in [1.807, 2.05) is 55.5 Å². The lowest BCUT2D eigenvalue weighted by molar-refractivity contribution is -0.118. The topological polar surface area (TPSA) is 62.6 Å². The summed E-state index contributed by atoms with van der Waals surface area (Å²) in [7, 11) is 0. The Kier molecular flexibility index (Phi) is 5.53. The van der Waals surface area contributed by atoms with E-state index in [-0.39, 0.29) is 18.4 Å². The summed E-state index contributed by atoms with van der Waals surface area (Å²) in [5, 5.41) is 2.75. The van der Waals surface area contributed by atoms with Gasteiger partial charge in [-0.2, -0.15) is 0 Å². The van der Waals surface area contributed by atoms with Crippen LogP contribution < -0.4 is 10.2 Å². The van der Waals surface area contributed by atoms with Gasteiger partial charge in [-0.15, -0.1) is 0 Å². The summed E-state index contributed by atoms with van der Waals surface area (Å²) >= 11 is 1.32. The van der Waals surface area contributed by atoms with Gasteiger partial charge in [0.2, 0.25) is 5.91 Å². The molecular weight excluding hydrogens is 384 g/mol. The zero-order valence-corrected chi connectivity index (χ0v) is 16.7. The van der Waals surface area contributed by atoms with Gasteiger partial charge in [-0.05, 0) is 36.8 Å². The highest BCUT2D eigenvalue weighted by Crippen LogP contribution is 2.41. The van der Waals surface area contributed by atoms with Gasteiger partial charge in [-0.25, -0.2) is 0 Å². The first-order chi connectivity index (χ1) is 14.1. The Bertz CT molecular complexity index is 1060. The van der Waals surface area contributed by atoms with E-state index in [9.17, 15) is 9.59 Å². The van der Waals surface area contributed by atoms with Crippen LogP contribution in [0.5, 0.6) is 0 Å². The Morgan fingerprint density at radius 1 is 1.10 bits per heavy atom. The molecule has 3 aromatic rings. The van der Waals surface area contributed by atoms with Gasteiger partial charge in [0.1, 0.15) is 5.76 Å². The molecule has 2 aromatic carbocycles. The molecule has 0 saturated carbocycles. The third-order valence-electron chi connectivity index (χ3n) is 4.57. The Labute approximate surface area is 173 Å². The van der Waals surface area contributed by atoms with Gasteiger partial charge in [0.15, 0.2) is 0 Å². The number of nitrogens with one attached hydrogen (secondary N) is 1. The van der Waals surface area contributed by atoms with E-state index in [2.05, 4.69) is 5.32 Å². The monoisotopic (exact) mass is 404 g/mol. The molecular formula is C23H20N2O3S. The fourth-order valence-corrected chi connectivity index (χ4v) is 4.08. The lowest BCUT2D eigenvalue weighted by atomic mass is 10.1. The van der Waals surface area contributed by atoms with E-state index >= 15 is 0 Å². The number of carbonyl (C=O) groups excluding carboxylic acids is 2. The van der Waals surface area contributed by atoms with Crippen LogP contribution in [0.4, 0.5) is 5.69 Å². The van der Waals surface area contributed by atoms with Crippen LogP contribution in [0, 0.1) is 6.92 Å². The Morgan fingerprint density at radius 2 is 1.90 bits per heavy atom. The summed E-state index contributed by atoms with van der Waals surface area (Å²) < 4.78 is 5.22. The van der Waals surface area contributed by atoms with E-state index in [4.69, 9.17) is 4.42 Å². The van der Waals surface area contributed by atoms with Gasteiger partial charge in [-0.3, -0.25) is 9.59 Å². The number of carbonyl (C=O) groups is 2. The Balaban J connectivity index is 1.57. The first-order valence-corrected chi connectivity index (χ1v) is 10.1. The van der Waals surface area contributed by atoms with E-state index in [1.165, 1.54) is 23.4 Å². The molecule has 0 saturated heterocycles. The van der Waals surface area contributed by atoms with Gasteiger partial charge in [-0.1, -0.05) is 53.7 Å². The fourth-order valence-electron chi connectivity index (χ4n) is 3.05. The number of anilines is 1. The molecule has 0 spiro atoms. The Hall–Kier alpha value is -3.25. The van der Waals surface area contributed by atoms with E-state index in [1.54, 1.807) is 23.3 Å². The van der Waals surface area contributed by atoms with Crippen molar-refractivity contribution in [1.29, 1.82) is 0 Å². The lowest BCUT2D eigenvalue weighted by Crippen LogP contribution is -2.34. The second kappa shape index (κ2) is 8.41. The molecule has 29 heavy (non-hydrogen) atoms. The van der Waals surface area contributed by atoms with Crippen molar-refractivity contribution >= 4 is 29.3 Å². The fraction of sp³-hybridized carbons (Fsp3) is 0.130. The molecule has 4 rings (SSSR count). The number of rotatable bonds is 5. The number of fused-ring (bicyclic) bond motifs is 1. The summed E-state index contributed by atoms with van der Waals surface area (Å²) in [6.45, 7) is 2.75. The molecule has 0 unspecified atom stereocenters. The van der Waals surface area contributed by atoms with Gasteiger partial charge in [0, 0.05) is 11.0 Å². The van der Waals surface area contributed by atoms with Crippen molar-refractivity contribution in [3.63, 3.8) is 0 Å². The summed E-state index contributed by atoms with van der Waals surface area (Å²) in [6.07, 6.45) is 2.92. The zero-order chi connectivity index (χ0) is 20.2. The van der Waals surface area contributed by atoms with Gasteiger partial charge in [0.05, 0.1) is 29.9 Å². The van der Waals surface area contributed by atoms with Crippen LogP contribution >= 0.6 is 11.8 Å². The summed E-state index contributed by atoms with van der Waals surface area (Å²) in [6, 6.07) is 19.4. The number of hydrogen-bond acceptors (Lipinski definition) is 4. The zero-order valence-electron chi connectivity index (χ0n) is 15.9. The number of hydrogen-bond donors (Lipinski definition) is 1. The second-order valence-corrected chi connectivity index (χ2v) is 7.84. The second-order valence-electron chi connectivity index (χ2n) is 6.75. The molecule has 0 bridgehead atoms. The van der Waals surface area contributed by atoms with E-state index < -0.39 is 0 Å². The molecule has 0 aliphatic carbocycles. The van der Waals surface area contributed by atoms with Crippen molar-refractivity contribution in [3.05, 3.63) is 94.8 Å². The minimum atomic E-state index is -0.327. The molecule has 0 radical (unpaired) electrons. The van der Waals surface area contributed by atoms with Crippen molar-refractivity contribution in [2.45, 2.75) is 24.9 Å². The molecule has 2 amide bonds. The molecule has 5 nitrogen and oxygen atoms in total. The summed E-state index contributed by atoms with van der Waals surface area (Å²) in [5.41, 5.74) is 3.06. The SMILES string of the molecule is Cc1ccc(CN2C(=O)/C(=C/C(=O)NCc3ccco3)Sc3ccccc32)cc1. The summed E-state index contributed by atoms with van der Waals surface area (Å²) in [4.78, 5) is 28.6. The molecule has 1 aliphatic rings. The average molecular weight is 404 g/mol. The van der Waals surface area contributed by atoms with Crippen LogP contribution in [0.25, 0.3) is 0 Å². The molecule has 1 aliphatic heterocycles. The Morgan fingerprint density at radius 3 is 2.66 bits per heavy atom. The van der Waals surface area contributed by atoms with Crippen molar-refractivity contribution < 1.29 is 14.0 Å². The number of thioether (sulfide) groups is 1. The van der Waals surface area contributed by atoms with E-state index in [0.29, 0.717) is 17.2 Å². The number of amides is 2. The number of para-hydroxylation sites is 1. The maximum absolute atomic E-state index is 13.2. The van der Waals surface area contributed by atoms with Gasteiger partial charge >= 0.3 is 0 Å². The standard InChI is InChI=1S/C23H20N2O3S/c1-16-8-10-17(11-9-16)15-25-19-6-2-3-7-20(19)29-21(23(25)27)13-22(26)24-14-18-5-4-12-28-18/h2-13H,14-15H2,1H3,(H,24,26)/b21-13-. The van der Waals surface area contributed by atoms with E-state index in [0.717, 1.165) is 16.1 Å². The normalized spacial score (nSPS) is 14.7. The third-order valence-corrected chi connectivity index (χ3v) is 5.65. The maximum atomic E-state index is 13.2. The van der Waals surface area contributed by atoms with Crippen molar-refractivity contribution in [3.8, 4) is 0 Å². The van der Waals surface area contributed by atoms with Gasteiger partial charge < -0.3 is 14.6 Å². The van der Waals surface area contributed by atoms with Crippen LogP contribution in [0.1, 0.15) is 16.9 Å². The maximum Gasteiger partial charge on any atom is 0.265 e. The van der Waals surface area contributed by atoms with Crippen LogP contribution in [0.3, 0.4) is 0 Å². The molecule has 2 heterocycles. The predicted molar refractivity (Wildman–Crippen MR) is 113 cm³/mol. The minimum absolute atomic E-state index is 0.178. The average Bonchev–Trinajstić information content (AvgIpc) is 3.25. The van der Waals surface area contributed by atoms with Crippen LogP contribution in [-0.4, -0.2) is 11.8 Å². The highest BCUT2D eigenvalue weighted by molar-refractivity contribution is 8.04. The molecule has 1 N–H and O–H groups in total. The molecule has 6 heteroatoms.